The Balaban J connectivity index is 2.78. The fourth-order valence-corrected chi connectivity index (χ4v) is 2.10. The molecule has 0 saturated carbocycles. The van der Waals surface area contributed by atoms with Crippen LogP contribution in [0.3, 0.4) is 0 Å². The van der Waals surface area contributed by atoms with Gasteiger partial charge < -0.3 is 14.6 Å². The van der Waals surface area contributed by atoms with Gasteiger partial charge in [-0.1, -0.05) is 6.58 Å². The number of carbonyl (C=O) groups excluding carboxylic acids is 3. The lowest BCUT2D eigenvalue weighted by Gasteiger charge is -2.09. The summed E-state index contributed by atoms with van der Waals surface area (Å²) in [5.41, 5.74) is -0.0245. The molecule has 0 bridgehead atoms. The highest BCUT2D eigenvalue weighted by Crippen LogP contribution is 2.16. The fourth-order valence-electron chi connectivity index (χ4n) is 1.94. The normalized spacial score (nSPS) is 10.1. The summed E-state index contributed by atoms with van der Waals surface area (Å²) in [6.45, 7) is 4.56. The van der Waals surface area contributed by atoms with Crippen molar-refractivity contribution in [3.8, 4) is 0 Å². The standard InChI is InChI=1S/C18H20O7S/c1-11(2)17(22)24-7-8-25-18(23)12-5-6-13(14(10-12)16(20)21)15(19)4-3-9-26/h5-6,10,26H,1,3-4,7-9H2,2H3,(H,20,21). The Hall–Kier alpha value is -2.61. The quantitative estimate of drug-likeness (QED) is 0.211. The summed E-state index contributed by atoms with van der Waals surface area (Å²) < 4.78 is 9.70. The number of carboxylic acid groups (broad SMARTS) is 1. The Kier molecular flexibility index (Phi) is 8.57. The molecule has 26 heavy (non-hydrogen) atoms. The van der Waals surface area contributed by atoms with Gasteiger partial charge in [0.15, 0.2) is 5.78 Å². The van der Waals surface area contributed by atoms with Gasteiger partial charge in [-0.05, 0) is 37.3 Å². The highest BCUT2D eigenvalue weighted by Gasteiger charge is 2.19. The second kappa shape index (κ2) is 10.4. The van der Waals surface area contributed by atoms with Gasteiger partial charge in [0.1, 0.15) is 13.2 Å². The third kappa shape index (κ3) is 6.36. The van der Waals surface area contributed by atoms with Crippen LogP contribution in [0.15, 0.2) is 30.4 Å². The van der Waals surface area contributed by atoms with Crippen LogP contribution in [0.1, 0.15) is 50.8 Å². The van der Waals surface area contributed by atoms with Crippen LogP contribution in [0.25, 0.3) is 0 Å². The number of carbonyl (C=O) groups is 4. The van der Waals surface area contributed by atoms with Crippen LogP contribution < -0.4 is 0 Å². The number of carboxylic acids is 1. The lowest BCUT2D eigenvalue weighted by atomic mass is 9.98. The predicted octanol–water partition coefficient (Wildman–Crippen LogP) is 2.55. The van der Waals surface area contributed by atoms with E-state index in [0.29, 0.717) is 12.2 Å². The highest BCUT2D eigenvalue weighted by atomic mass is 32.1. The molecule has 0 spiro atoms. The van der Waals surface area contributed by atoms with Gasteiger partial charge in [-0.2, -0.15) is 12.6 Å². The van der Waals surface area contributed by atoms with Gasteiger partial charge >= 0.3 is 17.9 Å². The minimum absolute atomic E-state index is 0.0145. The number of hydrogen-bond acceptors (Lipinski definition) is 7. The van der Waals surface area contributed by atoms with E-state index in [1.807, 2.05) is 0 Å². The number of thiol groups is 1. The highest BCUT2D eigenvalue weighted by molar-refractivity contribution is 7.80. The van der Waals surface area contributed by atoms with Gasteiger partial charge in [0.2, 0.25) is 0 Å². The Morgan fingerprint density at radius 1 is 1.12 bits per heavy atom. The number of hydrogen-bond donors (Lipinski definition) is 2. The lowest BCUT2D eigenvalue weighted by Crippen LogP contribution is -2.15. The Morgan fingerprint density at radius 3 is 2.35 bits per heavy atom. The average Bonchev–Trinajstić information content (AvgIpc) is 2.61. The van der Waals surface area contributed by atoms with Crippen molar-refractivity contribution in [3.05, 3.63) is 47.0 Å². The van der Waals surface area contributed by atoms with Crippen molar-refractivity contribution in [2.75, 3.05) is 19.0 Å². The lowest BCUT2D eigenvalue weighted by molar-refractivity contribution is -0.140. The molecular formula is C18H20O7S. The van der Waals surface area contributed by atoms with E-state index in [2.05, 4.69) is 19.2 Å². The van der Waals surface area contributed by atoms with E-state index in [1.165, 1.54) is 19.1 Å². The molecule has 8 heteroatoms. The maximum absolute atomic E-state index is 12.1. The maximum atomic E-state index is 12.1. The summed E-state index contributed by atoms with van der Waals surface area (Å²) in [6.07, 6.45) is 0.690. The number of rotatable bonds is 10. The Morgan fingerprint density at radius 2 is 1.77 bits per heavy atom. The summed E-state index contributed by atoms with van der Waals surface area (Å²) in [5.74, 6) is -2.52. The van der Waals surface area contributed by atoms with Crippen LogP contribution >= 0.6 is 12.6 Å². The summed E-state index contributed by atoms with van der Waals surface area (Å²) in [4.78, 5) is 46.6. The zero-order valence-electron chi connectivity index (χ0n) is 14.3. The fraction of sp³-hybridized carbons (Fsp3) is 0.333. The molecule has 0 amide bonds. The average molecular weight is 380 g/mol. The van der Waals surface area contributed by atoms with Crippen molar-refractivity contribution in [1.82, 2.24) is 0 Å². The SMILES string of the molecule is C=C(C)C(=O)OCCOC(=O)c1ccc(C(=O)CCCS)c(C(=O)O)c1. The van der Waals surface area contributed by atoms with E-state index in [9.17, 15) is 24.3 Å². The first kappa shape index (κ1) is 21.4. The van der Waals surface area contributed by atoms with Gasteiger partial charge in [-0.3, -0.25) is 4.79 Å². The number of ether oxygens (including phenoxy) is 2. The molecule has 0 heterocycles. The molecule has 1 aromatic rings. The monoisotopic (exact) mass is 380 g/mol. The first-order chi connectivity index (χ1) is 12.3. The number of ketones is 1. The van der Waals surface area contributed by atoms with Crippen LogP contribution in [-0.4, -0.2) is 47.8 Å². The minimum atomic E-state index is -1.32. The van der Waals surface area contributed by atoms with E-state index < -0.39 is 17.9 Å². The van der Waals surface area contributed by atoms with Gasteiger partial charge in [-0.15, -0.1) is 0 Å². The predicted molar refractivity (Wildman–Crippen MR) is 96.9 cm³/mol. The summed E-state index contributed by atoms with van der Waals surface area (Å²) in [7, 11) is 0. The topological polar surface area (TPSA) is 107 Å². The van der Waals surface area contributed by atoms with Crippen LogP contribution in [0.4, 0.5) is 0 Å². The molecule has 1 N–H and O–H groups in total. The van der Waals surface area contributed by atoms with Crippen LogP contribution in [0.5, 0.6) is 0 Å². The van der Waals surface area contributed by atoms with E-state index >= 15 is 0 Å². The molecule has 0 saturated heterocycles. The first-order valence-corrected chi connectivity index (χ1v) is 8.42. The van der Waals surface area contributed by atoms with Crippen molar-refractivity contribution >= 4 is 36.3 Å². The van der Waals surface area contributed by atoms with E-state index in [-0.39, 0.29) is 47.7 Å². The van der Waals surface area contributed by atoms with Gasteiger partial charge in [0, 0.05) is 17.6 Å². The second-order valence-corrected chi connectivity index (χ2v) is 5.82. The van der Waals surface area contributed by atoms with Gasteiger partial charge in [0.05, 0.1) is 11.1 Å². The number of aromatic carboxylic acids is 1. The summed E-state index contributed by atoms with van der Waals surface area (Å²) in [5, 5.41) is 9.29. The number of Topliss-reactive ketones (excluding diaryl/α,β-unsaturated/α-hetero) is 1. The third-order valence-electron chi connectivity index (χ3n) is 3.25. The first-order valence-electron chi connectivity index (χ1n) is 7.79. The van der Waals surface area contributed by atoms with Gasteiger partial charge in [-0.25, -0.2) is 14.4 Å². The number of benzene rings is 1. The van der Waals surface area contributed by atoms with E-state index in [0.717, 1.165) is 6.07 Å². The molecule has 140 valence electrons. The summed E-state index contributed by atoms with van der Waals surface area (Å²) >= 11 is 4.02. The molecule has 1 rings (SSSR count). The molecule has 0 fully saturated rings. The largest absolute Gasteiger partial charge is 0.478 e. The molecule has 0 aliphatic carbocycles. The second-order valence-electron chi connectivity index (χ2n) is 5.37. The van der Waals surface area contributed by atoms with Crippen molar-refractivity contribution in [2.24, 2.45) is 0 Å². The molecule has 7 nitrogen and oxygen atoms in total. The van der Waals surface area contributed by atoms with Crippen molar-refractivity contribution in [2.45, 2.75) is 19.8 Å². The third-order valence-corrected chi connectivity index (χ3v) is 3.56. The molecule has 0 unspecified atom stereocenters. The Labute approximate surface area is 156 Å². The minimum Gasteiger partial charge on any atom is -0.478 e. The molecule has 0 aromatic heterocycles. The summed E-state index contributed by atoms with van der Waals surface area (Å²) in [6, 6.07) is 3.71. The number of esters is 2. The van der Waals surface area contributed by atoms with Crippen LogP contribution in [-0.2, 0) is 14.3 Å². The van der Waals surface area contributed by atoms with Crippen LogP contribution in [0.2, 0.25) is 0 Å². The maximum Gasteiger partial charge on any atom is 0.338 e. The molecule has 0 atom stereocenters. The van der Waals surface area contributed by atoms with Crippen molar-refractivity contribution < 1.29 is 33.8 Å². The Bertz CT molecular complexity index is 724. The van der Waals surface area contributed by atoms with Gasteiger partial charge in [0.25, 0.3) is 0 Å². The van der Waals surface area contributed by atoms with Crippen molar-refractivity contribution in [1.29, 1.82) is 0 Å². The van der Waals surface area contributed by atoms with Crippen molar-refractivity contribution in [3.63, 3.8) is 0 Å². The van der Waals surface area contributed by atoms with E-state index in [1.54, 1.807) is 0 Å². The zero-order valence-corrected chi connectivity index (χ0v) is 15.2. The smallest absolute Gasteiger partial charge is 0.338 e. The molecule has 0 radical (unpaired) electrons. The van der Waals surface area contributed by atoms with E-state index in [4.69, 9.17) is 9.47 Å². The van der Waals surface area contributed by atoms with Crippen LogP contribution in [0, 0.1) is 0 Å². The molecular weight excluding hydrogens is 360 g/mol. The molecule has 0 aliphatic heterocycles. The molecule has 0 aliphatic rings. The molecule has 1 aromatic carbocycles. The zero-order chi connectivity index (χ0) is 19.7.